The first kappa shape index (κ1) is 9.23. The molecule has 0 bridgehead atoms. The van der Waals surface area contributed by atoms with E-state index in [1.165, 1.54) is 0 Å². The van der Waals surface area contributed by atoms with Gasteiger partial charge < -0.3 is 0 Å². The number of nitrogens with zero attached hydrogens (tertiary/aromatic N) is 4. The lowest BCUT2D eigenvalue weighted by molar-refractivity contribution is 1.09. The standard InChI is InChI=1S/C10H6ClN5/c11-10-14-8(6-2-1-3-12-4-6)7-5-13-16-9(7)15-10/h1-5H,(H,13,14,15,16). The Morgan fingerprint density at radius 3 is 2.94 bits per heavy atom. The van der Waals surface area contributed by atoms with Gasteiger partial charge in [0.25, 0.3) is 0 Å². The van der Waals surface area contributed by atoms with Crippen LogP contribution in [0.15, 0.2) is 30.7 Å². The van der Waals surface area contributed by atoms with Gasteiger partial charge in [-0.05, 0) is 23.7 Å². The van der Waals surface area contributed by atoms with E-state index in [1.807, 2.05) is 12.1 Å². The van der Waals surface area contributed by atoms with Crippen molar-refractivity contribution in [3.63, 3.8) is 0 Å². The Bertz CT molecular complexity index is 634. The molecule has 3 aromatic heterocycles. The predicted octanol–water partition coefficient (Wildman–Crippen LogP) is 2.07. The van der Waals surface area contributed by atoms with Crippen LogP contribution in [0.25, 0.3) is 22.3 Å². The number of nitrogens with one attached hydrogen (secondary N) is 1. The van der Waals surface area contributed by atoms with Crippen molar-refractivity contribution in [3.8, 4) is 11.3 Å². The van der Waals surface area contributed by atoms with Gasteiger partial charge in [-0.1, -0.05) is 0 Å². The minimum absolute atomic E-state index is 0.190. The molecule has 3 rings (SSSR count). The maximum absolute atomic E-state index is 5.84. The Labute approximate surface area is 95.5 Å². The van der Waals surface area contributed by atoms with Gasteiger partial charge in [-0.15, -0.1) is 0 Å². The fourth-order valence-electron chi connectivity index (χ4n) is 1.53. The largest absolute Gasteiger partial charge is 0.264 e. The van der Waals surface area contributed by atoms with E-state index >= 15 is 0 Å². The van der Waals surface area contributed by atoms with Crippen LogP contribution in [0.3, 0.4) is 0 Å². The van der Waals surface area contributed by atoms with Gasteiger partial charge in [-0.2, -0.15) is 10.1 Å². The summed E-state index contributed by atoms with van der Waals surface area (Å²) in [5.41, 5.74) is 2.24. The maximum Gasteiger partial charge on any atom is 0.224 e. The molecule has 1 N–H and O–H groups in total. The highest BCUT2D eigenvalue weighted by Crippen LogP contribution is 2.24. The second-order valence-corrected chi connectivity index (χ2v) is 3.55. The summed E-state index contributed by atoms with van der Waals surface area (Å²) in [6.45, 7) is 0. The number of rotatable bonds is 1. The monoisotopic (exact) mass is 231 g/mol. The van der Waals surface area contributed by atoms with Gasteiger partial charge in [0.05, 0.1) is 17.3 Å². The molecule has 5 nitrogen and oxygen atoms in total. The highest BCUT2D eigenvalue weighted by molar-refractivity contribution is 6.28. The molecule has 0 spiro atoms. The van der Waals surface area contributed by atoms with Gasteiger partial charge >= 0.3 is 0 Å². The Morgan fingerprint density at radius 1 is 1.19 bits per heavy atom. The number of halogens is 1. The van der Waals surface area contributed by atoms with E-state index in [0.717, 1.165) is 16.6 Å². The van der Waals surface area contributed by atoms with E-state index < -0.39 is 0 Å². The lowest BCUT2D eigenvalue weighted by atomic mass is 10.1. The van der Waals surface area contributed by atoms with Crippen LogP contribution in [-0.2, 0) is 0 Å². The number of fused-ring (bicyclic) bond motifs is 1. The topological polar surface area (TPSA) is 67.3 Å². The molecule has 3 aromatic rings. The van der Waals surface area contributed by atoms with Gasteiger partial charge in [0.1, 0.15) is 0 Å². The number of hydrogen-bond donors (Lipinski definition) is 1. The average molecular weight is 232 g/mol. The molecule has 3 heterocycles. The van der Waals surface area contributed by atoms with Crippen LogP contribution in [0.5, 0.6) is 0 Å². The molecule has 0 aliphatic heterocycles. The molecular formula is C10H6ClN5. The van der Waals surface area contributed by atoms with Crippen molar-refractivity contribution < 1.29 is 0 Å². The van der Waals surface area contributed by atoms with Crippen LogP contribution in [0.4, 0.5) is 0 Å². The molecule has 0 aromatic carbocycles. The maximum atomic E-state index is 5.84. The normalized spacial score (nSPS) is 10.8. The Kier molecular flexibility index (Phi) is 2.04. The Hall–Kier alpha value is -2.01. The smallest absolute Gasteiger partial charge is 0.224 e. The first-order valence-corrected chi connectivity index (χ1v) is 4.99. The summed E-state index contributed by atoms with van der Waals surface area (Å²) in [7, 11) is 0. The number of hydrogen-bond acceptors (Lipinski definition) is 4. The zero-order chi connectivity index (χ0) is 11.0. The molecule has 0 amide bonds. The van der Waals surface area contributed by atoms with E-state index in [-0.39, 0.29) is 5.28 Å². The number of pyridine rings is 1. The molecule has 0 aliphatic rings. The summed E-state index contributed by atoms with van der Waals surface area (Å²) in [6.07, 6.45) is 5.11. The molecule has 0 fully saturated rings. The fourth-order valence-corrected chi connectivity index (χ4v) is 1.70. The van der Waals surface area contributed by atoms with Gasteiger partial charge in [-0.25, -0.2) is 4.98 Å². The molecule has 0 aliphatic carbocycles. The minimum Gasteiger partial charge on any atom is -0.264 e. The van der Waals surface area contributed by atoms with Crippen LogP contribution in [-0.4, -0.2) is 25.1 Å². The van der Waals surface area contributed by atoms with Crippen molar-refractivity contribution in [2.24, 2.45) is 0 Å². The quantitative estimate of drug-likeness (QED) is 0.651. The number of H-pyrrole nitrogens is 1. The van der Waals surface area contributed by atoms with E-state index in [2.05, 4.69) is 25.1 Å². The molecular weight excluding hydrogens is 226 g/mol. The van der Waals surface area contributed by atoms with Crippen LogP contribution in [0.1, 0.15) is 0 Å². The van der Waals surface area contributed by atoms with Crippen LogP contribution >= 0.6 is 11.6 Å². The van der Waals surface area contributed by atoms with Gasteiger partial charge in [0.2, 0.25) is 5.28 Å². The van der Waals surface area contributed by atoms with E-state index in [4.69, 9.17) is 11.6 Å². The molecule has 0 atom stereocenters. The molecule has 16 heavy (non-hydrogen) atoms. The van der Waals surface area contributed by atoms with Crippen LogP contribution in [0.2, 0.25) is 5.28 Å². The third-order valence-corrected chi connectivity index (χ3v) is 2.39. The minimum atomic E-state index is 0.190. The third kappa shape index (κ3) is 1.42. The average Bonchev–Trinajstić information content (AvgIpc) is 2.77. The zero-order valence-electron chi connectivity index (χ0n) is 8.05. The zero-order valence-corrected chi connectivity index (χ0v) is 8.81. The van der Waals surface area contributed by atoms with Gasteiger partial charge in [0, 0.05) is 18.0 Å². The molecule has 6 heteroatoms. The van der Waals surface area contributed by atoms with E-state index in [9.17, 15) is 0 Å². The second-order valence-electron chi connectivity index (χ2n) is 3.22. The molecule has 0 unspecified atom stereocenters. The Morgan fingerprint density at radius 2 is 2.12 bits per heavy atom. The first-order chi connectivity index (χ1) is 7.84. The number of aromatic nitrogens is 5. The number of aromatic amines is 1. The molecule has 78 valence electrons. The van der Waals surface area contributed by atoms with Crippen molar-refractivity contribution in [1.82, 2.24) is 25.1 Å². The van der Waals surface area contributed by atoms with Crippen LogP contribution < -0.4 is 0 Å². The fraction of sp³-hybridized carbons (Fsp3) is 0. The highest BCUT2D eigenvalue weighted by atomic mass is 35.5. The SMILES string of the molecule is Clc1nc(-c2cccnc2)c2cn[nH]c2n1. The third-order valence-electron chi connectivity index (χ3n) is 2.22. The lowest BCUT2D eigenvalue weighted by Crippen LogP contribution is -1.90. The van der Waals surface area contributed by atoms with Crippen molar-refractivity contribution in [3.05, 3.63) is 36.0 Å². The molecule has 0 saturated heterocycles. The summed E-state index contributed by atoms with van der Waals surface area (Å²) >= 11 is 5.84. The molecule has 0 saturated carbocycles. The first-order valence-electron chi connectivity index (χ1n) is 4.61. The summed E-state index contributed by atoms with van der Waals surface area (Å²) in [5, 5.41) is 7.71. The predicted molar refractivity (Wildman–Crippen MR) is 59.9 cm³/mol. The summed E-state index contributed by atoms with van der Waals surface area (Å²) in [6, 6.07) is 3.76. The van der Waals surface area contributed by atoms with Crippen molar-refractivity contribution in [2.45, 2.75) is 0 Å². The summed E-state index contributed by atoms with van der Waals surface area (Å²) in [4.78, 5) is 12.3. The van der Waals surface area contributed by atoms with E-state index in [0.29, 0.717) is 5.65 Å². The van der Waals surface area contributed by atoms with Gasteiger partial charge in [0.15, 0.2) is 5.65 Å². The summed E-state index contributed by atoms with van der Waals surface area (Å²) < 4.78 is 0. The Balaban J connectivity index is 2.34. The van der Waals surface area contributed by atoms with Crippen molar-refractivity contribution in [1.29, 1.82) is 0 Å². The molecule has 0 radical (unpaired) electrons. The van der Waals surface area contributed by atoms with Crippen LogP contribution in [0, 0.1) is 0 Å². The lowest BCUT2D eigenvalue weighted by Gasteiger charge is -2.01. The second kappa shape index (κ2) is 3.53. The van der Waals surface area contributed by atoms with Crippen molar-refractivity contribution in [2.75, 3.05) is 0 Å². The summed E-state index contributed by atoms with van der Waals surface area (Å²) in [5.74, 6) is 0. The van der Waals surface area contributed by atoms with Gasteiger partial charge in [-0.3, -0.25) is 10.1 Å². The van der Waals surface area contributed by atoms with E-state index in [1.54, 1.807) is 18.6 Å². The van der Waals surface area contributed by atoms with Crippen molar-refractivity contribution >= 4 is 22.6 Å². The highest BCUT2D eigenvalue weighted by Gasteiger charge is 2.09.